The molecule has 1 heterocycles. The van der Waals surface area contributed by atoms with E-state index in [1.807, 2.05) is 0 Å². The molecule has 0 saturated carbocycles. The number of unbranched alkanes of at least 4 members (excludes halogenated alkanes) is 25. The molecule has 10 heteroatoms. The van der Waals surface area contributed by atoms with Crippen LogP contribution < -0.4 is 0 Å². The Morgan fingerprint density at radius 2 is 0.934 bits per heavy atom. The molecule has 1 saturated heterocycles. The van der Waals surface area contributed by atoms with E-state index >= 15 is 0 Å². The lowest BCUT2D eigenvalue weighted by molar-refractivity contribution is -0.305. The second-order valence-corrected chi connectivity index (χ2v) is 17.3. The van der Waals surface area contributed by atoms with Gasteiger partial charge in [0.05, 0.1) is 13.2 Å². The van der Waals surface area contributed by atoms with Gasteiger partial charge in [0.2, 0.25) is 0 Å². The number of aliphatic hydroxyl groups is 4. The topological polar surface area (TPSA) is 152 Å². The van der Waals surface area contributed by atoms with Crippen LogP contribution in [-0.4, -0.2) is 89.0 Å². The number of carbonyl (C=O) groups is 2. The van der Waals surface area contributed by atoms with Crippen LogP contribution in [0.3, 0.4) is 0 Å². The lowest BCUT2D eigenvalue weighted by Gasteiger charge is -2.39. The van der Waals surface area contributed by atoms with Crippen molar-refractivity contribution < 1.29 is 49.0 Å². The minimum Gasteiger partial charge on any atom is -0.462 e. The smallest absolute Gasteiger partial charge is 0.306 e. The monoisotopic (exact) mass is 865 g/mol. The molecule has 0 amide bonds. The SMILES string of the molecule is CCCCCCCC/C=C/CCCCCCCCCCCC(=O)O[C@H](COC(=O)CCC/C=C/C/C=C/CCCCCCCCCCC)CO[C@@H]1O[C@H](CO)[C@H](O)C(O)C1O. The Hall–Kier alpha value is -2.08. The molecule has 0 aromatic heterocycles. The van der Waals surface area contributed by atoms with Gasteiger partial charge in [-0.15, -0.1) is 0 Å². The van der Waals surface area contributed by atoms with Gasteiger partial charge in [-0.1, -0.05) is 179 Å². The molecule has 10 nitrogen and oxygen atoms in total. The predicted octanol–water partition coefficient (Wildman–Crippen LogP) is 11.4. The molecule has 1 aliphatic heterocycles. The fraction of sp³-hybridized carbons (Fsp3) is 0.843. The number of allylic oxidation sites excluding steroid dienone is 6. The standard InChI is InChI=1S/C51H92O10/c1-3-5-7-9-11-13-15-17-19-21-22-24-26-28-30-32-34-36-38-40-47(54)60-44(43-59-51-50(57)49(56)48(55)45(41-52)61-51)42-58-46(53)39-37-35-33-31-29-27-25-23-20-18-16-14-12-10-8-6-4-2/h17,19,25,27,31,33,44-45,48-52,55-57H,3-16,18,20-24,26,28-30,32,34-43H2,1-2H3/b19-17+,27-25+,33-31+/t44-,45-,48+,49?,50?,51-/m1/s1. The van der Waals surface area contributed by atoms with Crippen LogP contribution in [0.4, 0.5) is 0 Å². The lowest BCUT2D eigenvalue weighted by atomic mass is 9.99. The summed E-state index contributed by atoms with van der Waals surface area (Å²) >= 11 is 0. The zero-order valence-electron chi connectivity index (χ0n) is 38.9. The molecule has 1 rings (SSSR count). The summed E-state index contributed by atoms with van der Waals surface area (Å²) in [6.45, 7) is 3.40. The Bertz CT molecular complexity index is 1090. The van der Waals surface area contributed by atoms with Crippen LogP contribution in [0.25, 0.3) is 0 Å². The van der Waals surface area contributed by atoms with Crippen molar-refractivity contribution in [2.24, 2.45) is 0 Å². The molecule has 1 fully saturated rings. The van der Waals surface area contributed by atoms with Gasteiger partial charge in [-0.3, -0.25) is 9.59 Å². The van der Waals surface area contributed by atoms with E-state index in [9.17, 15) is 30.0 Å². The molecular weight excluding hydrogens is 773 g/mol. The molecule has 0 aromatic rings. The number of hydrogen-bond donors (Lipinski definition) is 4. The Morgan fingerprint density at radius 1 is 0.508 bits per heavy atom. The van der Waals surface area contributed by atoms with Crippen LogP contribution in [0.2, 0.25) is 0 Å². The summed E-state index contributed by atoms with van der Waals surface area (Å²) in [5.41, 5.74) is 0. The lowest BCUT2D eigenvalue weighted by Crippen LogP contribution is -2.59. The first-order valence-electron chi connectivity index (χ1n) is 25.1. The number of esters is 2. The first-order chi connectivity index (χ1) is 29.8. The van der Waals surface area contributed by atoms with Gasteiger partial charge >= 0.3 is 11.9 Å². The van der Waals surface area contributed by atoms with Gasteiger partial charge < -0.3 is 39.4 Å². The molecule has 4 N–H and O–H groups in total. The van der Waals surface area contributed by atoms with Crippen LogP contribution in [-0.2, 0) is 28.5 Å². The molecule has 0 bridgehead atoms. The first-order valence-corrected chi connectivity index (χ1v) is 25.1. The number of ether oxygens (including phenoxy) is 4. The average Bonchev–Trinajstić information content (AvgIpc) is 3.26. The second kappa shape index (κ2) is 41.9. The summed E-state index contributed by atoms with van der Waals surface area (Å²) in [6.07, 6.45) is 41.6. The second-order valence-electron chi connectivity index (χ2n) is 17.3. The fourth-order valence-corrected chi connectivity index (χ4v) is 7.52. The third-order valence-electron chi connectivity index (χ3n) is 11.5. The third kappa shape index (κ3) is 33.1. The van der Waals surface area contributed by atoms with Gasteiger partial charge in [-0.2, -0.15) is 0 Å². The van der Waals surface area contributed by atoms with Crippen molar-refractivity contribution in [3.05, 3.63) is 36.5 Å². The molecule has 6 atom stereocenters. The number of hydrogen-bond acceptors (Lipinski definition) is 10. The minimum atomic E-state index is -1.60. The quantitative estimate of drug-likeness (QED) is 0.0265. The maximum atomic E-state index is 12.8. The highest BCUT2D eigenvalue weighted by Gasteiger charge is 2.44. The van der Waals surface area contributed by atoms with Gasteiger partial charge in [0.1, 0.15) is 31.0 Å². The maximum absolute atomic E-state index is 12.8. The van der Waals surface area contributed by atoms with Gasteiger partial charge in [-0.25, -0.2) is 0 Å². The molecular formula is C51H92O10. The fourth-order valence-electron chi connectivity index (χ4n) is 7.52. The number of rotatable bonds is 42. The van der Waals surface area contributed by atoms with E-state index in [0.717, 1.165) is 38.5 Å². The molecule has 0 radical (unpaired) electrons. The highest BCUT2D eigenvalue weighted by molar-refractivity contribution is 5.70. The summed E-state index contributed by atoms with van der Waals surface area (Å²) < 4.78 is 22.2. The zero-order chi connectivity index (χ0) is 44.4. The van der Waals surface area contributed by atoms with Crippen molar-refractivity contribution in [3.8, 4) is 0 Å². The highest BCUT2D eigenvalue weighted by Crippen LogP contribution is 2.23. The molecule has 1 aliphatic rings. The summed E-state index contributed by atoms with van der Waals surface area (Å²) in [5.74, 6) is -0.856. The van der Waals surface area contributed by atoms with Crippen LogP contribution >= 0.6 is 0 Å². The molecule has 0 spiro atoms. The largest absolute Gasteiger partial charge is 0.462 e. The summed E-state index contributed by atoms with van der Waals surface area (Å²) in [5, 5.41) is 40.2. The van der Waals surface area contributed by atoms with Gasteiger partial charge in [0.25, 0.3) is 0 Å². The van der Waals surface area contributed by atoms with E-state index in [1.54, 1.807) is 0 Å². The minimum absolute atomic E-state index is 0.212. The predicted molar refractivity (Wildman–Crippen MR) is 247 cm³/mol. The van der Waals surface area contributed by atoms with E-state index in [4.69, 9.17) is 18.9 Å². The van der Waals surface area contributed by atoms with Crippen molar-refractivity contribution in [2.75, 3.05) is 19.8 Å². The van der Waals surface area contributed by atoms with Crippen molar-refractivity contribution in [3.63, 3.8) is 0 Å². The maximum Gasteiger partial charge on any atom is 0.306 e. The Labute approximate surface area is 372 Å². The Balaban J connectivity index is 2.30. The molecule has 2 unspecified atom stereocenters. The Kier molecular flexibility index (Phi) is 39.1. The van der Waals surface area contributed by atoms with Gasteiger partial charge in [-0.05, 0) is 64.2 Å². The Morgan fingerprint density at radius 3 is 1.43 bits per heavy atom. The van der Waals surface area contributed by atoms with E-state index in [0.29, 0.717) is 12.8 Å². The average molecular weight is 865 g/mol. The van der Waals surface area contributed by atoms with E-state index in [-0.39, 0.29) is 26.1 Å². The first kappa shape index (κ1) is 56.9. The van der Waals surface area contributed by atoms with Gasteiger partial charge in [0.15, 0.2) is 12.4 Å². The third-order valence-corrected chi connectivity index (χ3v) is 11.5. The van der Waals surface area contributed by atoms with Crippen LogP contribution in [0, 0.1) is 0 Å². The number of aliphatic hydroxyl groups excluding tert-OH is 4. The molecule has 0 aromatic carbocycles. The summed E-state index contributed by atoms with van der Waals surface area (Å²) in [6, 6.07) is 0. The van der Waals surface area contributed by atoms with Crippen LogP contribution in [0.15, 0.2) is 36.5 Å². The van der Waals surface area contributed by atoms with E-state index < -0.39 is 55.4 Å². The van der Waals surface area contributed by atoms with Crippen molar-refractivity contribution in [2.45, 2.75) is 256 Å². The van der Waals surface area contributed by atoms with Crippen molar-refractivity contribution in [1.29, 1.82) is 0 Å². The van der Waals surface area contributed by atoms with Gasteiger partial charge in [0, 0.05) is 12.8 Å². The summed E-state index contributed by atoms with van der Waals surface area (Å²) in [7, 11) is 0. The van der Waals surface area contributed by atoms with Crippen LogP contribution in [0.5, 0.6) is 0 Å². The molecule has 0 aliphatic carbocycles. The van der Waals surface area contributed by atoms with Crippen molar-refractivity contribution in [1.82, 2.24) is 0 Å². The summed E-state index contributed by atoms with van der Waals surface area (Å²) in [4.78, 5) is 25.4. The molecule has 61 heavy (non-hydrogen) atoms. The van der Waals surface area contributed by atoms with Crippen molar-refractivity contribution >= 4 is 11.9 Å². The number of carbonyl (C=O) groups excluding carboxylic acids is 2. The van der Waals surface area contributed by atoms with E-state index in [2.05, 4.69) is 50.3 Å². The van der Waals surface area contributed by atoms with Crippen LogP contribution in [0.1, 0.15) is 219 Å². The van der Waals surface area contributed by atoms with E-state index in [1.165, 1.54) is 141 Å². The molecule has 356 valence electrons. The normalized spacial score (nSPS) is 20.0. The highest BCUT2D eigenvalue weighted by atomic mass is 16.7. The zero-order valence-corrected chi connectivity index (χ0v) is 38.9.